The average Bonchev–Trinajstić information content (AvgIpc) is 2.52. The Hall–Kier alpha value is -1.90. The van der Waals surface area contributed by atoms with Gasteiger partial charge in [0.2, 0.25) is 0 Å². The number of nitrogen functional groups attached to an aromatic ring is 2. The van der Waals surface area contributed by atoms with Gasteiger partial charge in [-0.05, 0) is 49.2 Å². The summed E-state index contributed by atoms with van der Waals surface area (Å²) >= 11 is 0. The minimum atomic E-state index is 0.782. The maximum absolute atomic E-state index is 8.06. The summed E-state index contributed by atoms with van der Waals surface area (Å²) in [5, 5.41) is 0. The number of nitrogens with two attached hydrogens (primary N) is 2. The molecule has 0 fully saturated rings. The van der Waals surface area contributed by atoms with Crippen LogP contribution >= 0.6 is 9.12 Å². The van der Waals surface area contributed by atoms with E-state index in [4.69, 9.17) is 20.8 Å². The third-order valence-corrected chi connectivity index (χ3v) is 2.56. The van der Waals surface area contributed by atoms with Gasteiger partial charge >= 0.3 is 0 Å². The fourth-order valence-corrected chi connectivity index (χ4v) is 1.56. The zero-order valence-corrected chi connectivity index (χ0v) is 13.5. The van der Waals surface area contributed by atoms with Gasteiger partial charge < -0.3 is 16.2 Å². The summed E-state index contributed by atoms with van der Waals surface area (Å²) in [5.41, 5.74) is 15.1. The van der Waals surface area contributed by atoms with Gasteiger partial charge in [0.1, 0.15) is 9.12 Å². The molecule has 0 saturated heterocycles. The quantitative estimate of drug-likeness (QED) is 0.662. The van der Waals surface area contributed by atoms with Crippen LogP contribution in [0, 0.1) is 0 Å². The Labute approximate surface area is 128 Å². The monoisotopic (exact) mass is 306 g/mol. The molecule has 4 N–H and O–H groups in total. The van der Waals surface area contributed by atoms with Crippen LogP contribution in [0.4, 0.5) is 11.4 Å². The lowest BCUT2D eigenvalue weighted by Gasteiger charge is -2.02. The molecular weight excluding hydrogens is 283 g/mol. The van der Waals surface area contributed by atoms with Crippen LogP contribution in [0.25, 0.3) is 11.1 Å². The Morgan fingerprint density at radius 1 is 0.762 bits per heavy atom. The van der Waals surface area contributed by atoms with Crippen molar-refractivity contribution in [2.45, 2.75) is 13.8 Å². The Kier molecular flexibility index (Phi) is 10.8. The molecule has 21 heavy (non-hydrogen) atoms. The summed E-state index contributed by atoms with van der Waals surface area (Å²) in [6, 6.07) is 15.6. The highest BCUT2D eigenvalue weighted by Gasteiger charge is 1.95. The highest BCUT2D eigenvalue weighted by Crippen LogP contribution is 2.21. The van der Waals surface area contributed by atoms with E-state index in [1.165, 1.54) is 0 Å². The molecule has 4 nitrogen and oxygen atoms in total. The van der Waals surface area contributed by atoms with Crippen LogP contribution in [-0.2, 0) is 9.30 Å². The average molecular weight is 306 g/mol. The predicted molar refractivity (Wildman–Crippen MR) is 91.9 cm³/mol. The topological polar surface area (TPSA) is 78.3 Å². The van der Waals surface area contributed by atoms with Crippen molar-refractivity contribution >= 4 is 20.5 Å². The highest BCUT2D eigenvalue weighted by atomic mass is 31.0. The molecule has 0 aliphatic heterocycles. The number of anilines is 2. The van der Waals surface area contributed by atoms with Crippen molar-refractivity contribution in [2.75, 3.05) is 24.7 Å². The lowest BCUT2D eigenvalue weighted by atomic mass is 10.1. The second kappa shape index (κ2) is 11.9. The van der Waals surface area contributed by atoms with Gasteiger partial charge in [0.15, 0.2) is 0 Å². The number of rotatable bonds is 3. The van der Waals surface area contributed by atoms with Gasteiger partial charge in [0, 0.05) is 24.6 Å². The Morgan fingerprint density at radius 2 is 1.05 bits per heavy atom. The molecule has 0 saturated carbocycles. The zero-order chi connectivity index (χ0) is 16.1. The maximum atomic E-state index is 8.06. The van der Waals surface area contributed by atoms with Crippen molar-refractivity contribution in [1.82, 2.24) is 0 Å². The van der Waals surface area contributed by atoms with Crippen molar-refractivity contribution < 1.29 is 9.30 Å². The van der Waals surface area contributed by atoms with Crippen LogP contribution in [0.15, 0.2) is 48.5 Å². The molecule has 0 aromatic heterocycles. The van der Waals surface area contributed by atoms with Gasteiger partial charge in [-0.2, -0.15) is 0 Å². The van der Waals surface area contributed by atoms with E-state index in [9.17, 15) is 0 Å². The van der Waals surface area contributed by atoms with Gasteiger partial charge in [-0.1, -0.05) is 24.3 Å². The van der Waals surface area contributed by atoms with Crippen LogP contribution in [0.3, 0.4) is 0 Å². The van der Waals surface area contributed by atoms with Crippen LogP contribution in [0.1, 0.15) is 13.8 Å². The molecule has 0 aliphatic carbocycles. The maximum Gasteiger partial charge on any atom is 0.138 e. The third kappa shape index (κ3) is 8.08. The van der Waals surface area contributed by atoms with Crippen LogP contribution in [0.2, 0.25) is 0 Å². The fraction of sp³-hybridized carbons (Fsp3) is 0.250. The summed E-state index contributed by atoms with van der Waals surface area (Å²) in [4.78, 5) is 0. The molecular formula is C16H23N2O2P. The molecule has 0 spiro atoms. The van der Waals surface area contributed by atoms with Gasteiger partial charge in [-0.15, -0.1) is 0 Å². The Bertz CT molecular complexity index is 441. The highest BCUT2D eigenvalue weighted by molar-refractivity contribution is 7.00. The molecule has 2 rings (SSSR count). The van der Waals surface area contributed by atoms with Crippen LogP contribution in [-0.4, -0.2) is 13.2 Å². The minimum Gasteiger partial charge on any atom is -0.399 e. The van der Waals surface area contributed by atoms with E-state index in [0.29, 0.717) is 0 Å². The second-order valence-corrected chi connectivity index (χ2v) is 4.03. The van der Waals surface area contributed by atoms with E-state index in [1.54, 1.807) is 9.12 Å². The largest absolute Gasteiger partial charge is 0.399 e. The van der Waals surface area contributed by atoms with E-state index >= 15 is 0 Å². The minimum absolute atomic E-state index is 0.782. The summed E-state index contributed by atoms with van der Waals surface area (Å²) < 4.78 is 12.9. The normalized spacial score (nSPS) is 8.86. The van der Waals surface area contributed by atoms with E-state index in [2.05, 4.69) is 0 Å². The van der Waals surface area contributed by atoms with Crippen molar-refractivity contribution in [3.63, 3.8) is 0 Å². The predicted octanol–water partition coefficient (Wildman–Crippen LogP) is 4.04. The Morgan fingerprint density at radius 3 is 1.24 bits per heavy atom. The number of hydrogen-bond acceptors (Lipinski definition) is 4. The summed E-state index contributed by atoms with van der Waals surface area (Å²) in [7, 11) is 1.72. The zero-order valence-electron chi connectivity index (χ0n) is 12.5. The molecule has 0 radical (unpaired) electrons. The molecule has 0 heterocycles. The van der Waals surface area contributed by atoms with E-state index in [0.717, 1.165) is 35.7 Å². The molecule has 5 heteroatoms. The fourth-order valence-electron chi connectivity index (χ4n) is 1.56. The van der Waals surface area contributed by atoms with E-state index in [1.807, 2.05) is 62.4 Å². The Balaban J connectivity index is 0.000000489. The molecule has 0 aliphatic rings. The van der Waals surface area contributed by atoms with Crippen molar-refractivity contribution in [1.29, 1.82) is 0 Å². The van der Waals surface area contributed by atoms with Gasteiger partial charge in [-0.25, -0.2) is 0 Å². The smallest absolute Gasteiger partial charge is 0.138 e. The first kappa shape index (κ1) is 19.1. The SMILES string of the molecule is CCOCC.Nc1ccc(-c2ccc(N)cc2)cc1.O=P. The molecule has 0 amide bonds. The van der Waals surface area contributed by atoms with Crippen molar-refractivity contribution in [3.05, 3.63) is 48.5 Å². The second-order valence-electron chi connectivity index (χ2n) is 4.03. The summed E-state index contributed by atoms with van der Waals surface area (Å²) in [5.74, 6) is 0. The van der Waals surface area contributed by atoms with E-state index in [-0.39, 0.29) is 0 Å². The standard InChI is InChI=1S/C12H12N2.C4H10O.HOP/c13-11-5-1-9(2-6-11)10-3-7-12(14)8-4-10;1-3-5-4-2;1-2/h1-8H,13-14H2;3-4H2,1-2H3;2H. The molecule has 0 bridgehead atoms. The summed E-state index contributed by atoms with van der Waals surface area (Å²) in [6.07, 6.45) is 0. The van der Waals surface area contributed by atoms with Gasteiger partial charge in [0.05, 0.1) is 0 Å². The summed E-state index contributed by atoms with van der Waals surface area (Å²) in [6.45, 7) is 5.67. The van der Waals surface area contributed by atoms with Crippen LogP contribution in [0.5, 0.6) is 0 Å². The van der Waals surface area contributed by atoms with Gasteiger partial charge in [0.25, 0.3) is 0 Å². The molecule has 0 atom stereocenters. The third-order valence-electron chi connectivity index (χ3n) is 2.56. The lowest BCUT2D eigenvalue weighted by Crippen LogP contribution is -1.85. The molecule has 2 aromatic rings. The first-order valence-electron chi connectivity index (χ1n) is 6.67. The van der Waals surface area contributed by atoms with Gasteiger partial charge in [-0.3, -0.25) is 4.57 Å². The number of hydrogen-bond donors (Lipinski definition) is 2. The van der Waals surface area contributed by atoms with Crippen molar-refractivity contribution in [2.24, 2.45) is 0 Å². The lowest BCUT2D eigenvalue weighted by molar-refractivity contribution is 0.162. The first-order valence-corrected chi connectivity index (χ1v) is 7.07. The first-order chi connectivity index (χ1) is 10.2. The van der Waals surface area contributed by atoms with Crippen molar-refractivity contribution in [3.8, 4) is 11.1 Å². The molecule has 2 aromatic carbocycles. The number of ether oxygens (including phenoxy) is 1. The van der Waals surface area contributed by atoms with Crippen LogP contribution < -0.4 is 11.5 Å². The molecule has 114 valence electrons. The number of benzene rings is 2. The van der Waals surface area contributed by atoms with E-state index < -0.39 is 0 Å². The molecule has 0 unspecified atom stereocenters.